The minimum Gasteiger partial charge on any atom is -0.444 e. The molecule has 1 aromatic carbocycles. The largest absolute Gasteiger partial charge is 0.444 e. The van der Waals surface area contributed by atoms with Gasteiger partial charge in [-0.2, -0.15) is 0 Å². The van der Waals surface area contributed by atoms with Crippen LogP contribution in [-0.4, -0.2) is 41.0 Å². The van der Waals surface area contributed by atoms with E-state index in [4.69, 9.17) is 10.5 Å². The van der Waals surface area contributed by atoms with E-state index in [1.54, 1.807) is 45.0 Å². The van der Waals surface area contributed by atoms with Gasteiger partial charge in [-0.05, 0) is 51.3 Å². The summed E-state index contributed by atoms with van der Waals surface area (Å²) in [6.07, 6.45) is 1.05. The van der Waals surface area contributed by atoms with E-state index >= 15 is 0 Å². The molecule has 1 heterocycles. The highest BCUT2D eigenvalue weighted by Gasteiger charge is 2.36. The molecule has 0 saturated carbocycles. The van der Waals surface area contributed by atoms with Gasteiger partial charge in [0.15, 0.2) is 0 Å². The van der Waals surface area contributed by atoms with Crippen molar-refractivity contribution < 1.29 is 19.1 Å². The van der Waals surface area contributed by atoms with Gasteiger partial charge in [0.25, 0.3) is 0 Å². The summed E-state index contributed by atoms with van der Waals surface area (Å²) in [4.78, 5) is 37.2. The van der Waals surface area contributed by atoms with Gasteiger partial charge in [0, 0.05) is 12.2 Å². The number of nitrogens with one attached hydrogen (secondary N) is 1. The van der Waals surface area contributed by atoms with Crippen molar-refractivity contribution in [3.8, 4) is 0 Å². The molecule has 136 valence electrons. The van der Waals surface area contributed by atoms with Gasteiger partial charge in [0.1, 0.15) is 11.6 Å². The lowest BCUT2D eigenvalue weighted by Gasteiger charge is -2.28. The van der Waals surface area contributed by atoms with Crippen molar-refractivity contribution in [1.82, 2.24) is 4.90 Å². The van der Waals surface area contributed by atoms with Crippen LogP contribution in [0.1, 0.15) is 39.2 Å². The van der Waals surface area contributed by atoms with Crippen molar-refractivity contribution in [2.45, 2.75) is 51.7 Å². The van der Waals surface area contributed by atoms with Gasteiger partial charge in [0.2, 0.25) is 11.8 Å². The summed E-state index contributed by atoms with van der Waals surface area (Å²) in [6, 6.07) is 6.35. The second-order valence-corrected chi connectivity index (χ2v) is 7.16. The standard InChI is InChI=1S/C18H25N3O4/c1-18(2,3)25-17(24)21-10-4-5-14(21)16(23)20-13-8-6-12(7-9-13)11-15(19)22/h6-9,14H,4-5,10-11H2,1-3H3,(H2,19,22)(H,20,23). The fraction of sp³-hybridized carbons (Fsp3) is 0.500. The van der Waals surface area contributed by atoms with Crippen molar-refractivity contribution in [3.63, 3.8) is 0 Å². The molecule has 1 saturated heterocycles. The highest BCUT2D eigenvalue weighted by Crippen LogP contribution is 2.22. The molecular formula is C18H25N3O4. The Labute approximate surface area is 147 Å². The maximum absolute atomic E-state index is 12.5. The Morgan fingerprint density at radius 3 is 2.44 bits per heavy atom. The van der Waals surface area contributed by atoms with E-state index in [0.717, 1.165) is 12.0 Å². The Bertz CT molecular complexity index is 649. The predicted molar refractivity (Wildman–Crippen MR) is 93.9 cm³/mol. The first-order chi connectivity index (χ1) is 11.7. The summed E-state index contributed by atoms with van der Waals surface area (Å²) in [7, 11) is 0. The van der Waals surface area contributed by atoms with Crippen LogP contribution in [0.5, 0.6) is 0 Å². The van der Waals surface area contributed by atoms with Crippen molar-refractivity contribution in [2.24, 2.45) is 5.73 Å². The summed E-state index contributed by atoms with van der Waals surface area (Å²) in [5.41, 5.74) is 5.94. The molecule has 1 aliphatic rings. The molecule has 0 spiro atoms. The second-order valence-electron chi connectivity index (χ2n) is 7.16. The monoisotopic (exact) mass is 347 g/mol. The summed E-state index contributed by atoms with van der Waals surface area (Å²) in [5, 5.41) is 2.81. The zero-order chi connectivity index (χ0) is 18.6. The number of likely N-dealkylation sites (tertiary alicyclic amines) is 1. The molecule has 3 amide bonds. The van der Waals surface area contributed by atoms with Gasteiger partial charge in [-0.3, -0.25) is 14.5 Å². The third-order valence-corrected chi connectivity index (χ3v) is 3.78. The zero-order valence-corrected chi connectivity index (χ0v) is 14.9. The number of amides is 3. The van der Waals surface area contributed by atoms with Gasteiger partial charge < -0.3 is 15.8 Å². The molecule has 1 fully saturated rings. The third kappa shape index (κ3) is 5.48. The van der Waals surface area contributed by atoms with E-state index in [1.165, 1.54) is 4.90 Å². The fourth-order valence-corrected chi connectivity index (χ4v) is 2.71. The first kappa shape index (κ1) is 18.8. The maximum Gasteiger partial charge on any atom is 0.410 e. The lowest BCUT2D eigenvalue weighted by Crippen LogP contribution is -2.45. The fourth-order valence-electron chi connectivity index (χ4n) is 2.71. The Morgan fingerprint density at radius 2 is 1.88 bits per heavy atom. The molecule has 0 aromatic heterocycles. The number of hydrogen-bond donors (Lipinski definition) is 2. The molecule has 1 atom stereocenters. The van der Waals surface area contributed by atoms with Crippen LogP contribution in [-0.2, 0) is 20.7 Å². The number of ether oxygens (including phenoxy) is 1. The van der Waals surface area contributed by atoms with Gasteiger partial charge in [0.05, 0.1) is 6.42 Å². The predicted octanol–water partition coefficient (Wildman–Crippen LogP) is 2.05. The van der Waals surface area contributed by atoms with Crippen LogP contribution in [0.25, 0.3) is 0 Å². The summed E-state index contributed by atoms with van der Waals surface area (Å²) >= 11 is 0. The molecule has 1 aromatic rings. The Morgan fingerprint density at radius 1 is 1.24 bits per heavy atom. The van der Waals surface area contributed by atoms with Gasteiger partial charge >= 0.3 is 6.09 Å². The number of carbonyl (C=O) groups is 3. The van der Waals surface area contributed by atoms with Crippen LogP contribution in [0.2, 0.25) is 0 Å². The minimum absolute atomic E-state index is 0.156. The minimum atomic E-state index is -0.600. The van der Waals surface area contributed by atoms with Gasteiger partial charge in [-0.1, -0.05) is 12.1 Å². The summed E-state index contributed by atoms with van der Waals surface area (Å²) in [5.74, 6) is -0.651. The average molecular weight is 347 g/mol. The molecule has 0 bridgehead atoms. The van der Waals surface area contributed by atoms with Crippen LogP contribution < -0.4 is 11.1 Å². The van der Waals surface area contributed by atoms with Gasteiger partial charge in [-0.15, -0.1) is 0 Å². The smallest absolute Gasteiger partial charge is 0.410 e. The highest BCUT2D eigenvalue weighted by atomic mass is 16.6. The van der Waals surface area contributed by atoms with Gasteiger partial charge in [-0.25, -0.2) is 4.79 Å². The molecule has 0 radical (unpaired) electrons. The summed E-state index contributed by atoms with van der Waals surface area (Å²) < 4.78 is 5.37. The highest BCUT2D eigenvalue weighted by molar-refractivity contribution is 5.96. The normalized spacial score (nSPS) is 17.2. The summed E-state index contributed by atoms with van der Waals surface area (Å²) in [6.45, 7) is 5.89. The molecular weight excluding hydrogens is 322 g/mol. The Balaban J connectivity index is 1.99. The number of primary amides is 1. The van der Waals surface area contributed by atoms with Crippen molar-refractivity contribution in [3.05, 3.63) is 29.8 Å². The average Bonchev–Trinajstić information content (AvgIpc) is 2.96. The molecule has 0 aliphatic carbocycles. The topological polar surface area (TPSA) is 102 Å². The number of nitrogens with zero attached hydrogens (tertiary/aromatic N) is 1. The van der Waals surface area contributed by atoms with E-state index in [2.05, 4.69) is 5.32 Å². The van der Waals surface area contributed by atoms with E-state index in [0.29, 0.717) is 18.7 Å². The van der Waals surface area contributed by atoms with E-state index in [1.807, 2.05) is 0 Å². The molecule has 2 rings (SSSR count). The number of nitrogens with two attached hydrogens (primary N) is 1. The van der Waals surface area contributed by atoms with Crippen LogP contribution in [0.15, 0.2) is 24.3 Å². The lowest BCUT2D eigenvalue weighted by atomic mass is 10.1. The van der Waals surface area contributed by atoms with E-state index in [-0.39, 0.29) is 12.3 Å². The second kappa shape index (κ2) is 7.55. The molecule has 25 heavy (non-hydrogen) atoms. The van der Waals surface area contributed by atoms with E-state index in [9.17, 15) is 14.4 Å². The van der Waals surface area contributed by atoms with Crippen LogP contribution >= 0.6 is 0 Å². The number of benzene rings is 1. The lowest BCUT2D eigenvalue weighted by molar-refractivity contribution is -0.120. The third-order valence-electron chi connectivity index (χ3n) is 3.78. The maximum atomic E-state index is 12.5. The molecule has 3 N–H and O–H groups in total. The number of rotatable bonds is 4. The number of anilines is 1. The quantitative estimate of drug-likeness (QED) is 0.870. The first-order valence-electron chi connectivity index (χ1n) is 8.33. The molecule has 7 heteroatoms. The molecule has 1 unspecified atom stereocenters. The van der Waals surface area contributed by atoms with Crippen LogP contribution in [0.4, 0.5) is 10.5 Å². The first-order valence-corrected chi connectivity index (χ1v) is 8.33. The van der Waals surface area contributed by atoms with Crippen LogP contribution in [0, 0.1) is 0 Å². The van der Waals surface area contributed by atoms with Crippen molar-refractivity contribution in [1.29, 1.82) is 0 Å². The van der Waals surface area contributed by atoms with Crippen LogP contribution in [0.3, 0.4) is 0 Å². The Kier molecular flexibility index (Phi) is 5.66. The van der Waals surface area contributed by atoms with Crippen molar-refractivity contribution in [2.75, 3.05) is 11.9 Å². The molecule has 1 aliphatic heterocycles. The Hall–Kier alpha value is -2.57. The van der Waals surface area contributed by atoms with E-state index < -0.39 is 23.6 Å². The zero-order valence-electron chi connectivity index (χ0n) is 14.9. The SMILES string of the molecule is CC(C)(C)OC(=O)N1CCCC1C(=O)Nc1ccc(CC(N)=O)cc1. The number of hydrogen-bond acceptors (Lipinski definition) is 4. The number of carbonyl (C=O) groups excluding carboxylic acids is 3. The molecule has 7 nitrogen and oxygen atoms in total. The van der Waals surface area contributed by atoms with Crippen molar-refractivity contribution >= 4 is 23.6 Å².